The van der Waals surface area contributed by atoms with Crippen LogP contribution in [0.5, 0.6) is 0 Å². The van der Waals surface area contributed by atoms with E-state index in [2.05, 4.69) is 234 Å². The average Bonchev–Trinajstić information content (AvgIpc) is 3.95. The van der Waals surface area contributed by atoms with Crippen molar-refractivity contribution in [2.45, 2.75) is 67.6 Å². The molecule has 9 aromatic carbocycles. The van der Waals surface area contributed by atoms with Crippen LogP contribution in [0.2, 0.25) is 0 Å². The van der Waals surface area contributed by atoms with Crippen molar-refractivity contribution in [3.63, 3.8) is 0 Å². The largest absolute Gasteiger partial charge is 0.310 e. The van der Waals surface area contributed by atoms with E-state index in [0.717, 1.165) is 0 Å². The molecule has 0 fully saturated rings. The molecule has 1 nitrogen and oxygen atoms in total. The van der Waals surface area contributed by atoms with Crippen molar-refractivity contribution in [3.05, 3.63) is 221 Å². The molecular weight excluding hydrogens is 863 g/mol. The van der Waals surface area contributed by atoms with Crippen LogP contribution < -0.4 is 25.6 Å². The predicted octanol–water partition coefficient (Wildman–Crippen LogP) is 14.6. The number of rotatable bonds is 1. The maximum Gasteiger partial charge on any atom is 0.182 e. The third-order valence-corrected chi connectivity index (χ3v) is 22.8. The predicted molar refractivity (Wildman–Crippen MR) is 289 cm³/mol. The molecule has 0 radical (unpaired) electrons. The van der Waals surface area contributed by atoms with Crippen molar-refractivity contribution in [1.82, 2.24) is 0 Å². The number of nitrogens with zero attached hydrogens (tertiary/aromatic N) is 1. The summed E-state index contributed by atoms with van der Waals surface area (Å²) < 4.78 is 2.64. The van der Waals surface area contributed by atoms with Crippen LogP contribution in [0, 0.1) is 0 Å². The molecule has 1 aromatic heterocycles. The standard InChI is InChI=1S/C63H49NS2Si/c1-61(2,3)38-27-30-43-44-31-28-39(62(4,5)6)34-59(44)67(58(43)33-38)57-26-16-8-18-42(57)45-32-29-40(35-60(45)67)64-51-22-12-9-19-47(51)63(48-20-10-14-24-54(48)66-55-25-15-11-21-49(55)63)50-36-46-41-17-7-13-23-53(41)65-56(46)37-52(50)64/h7-37H,1-6H3. The highest BCUT2D eigenvalue weighted by Gasteiger charge is 2.56. The molecule has 4 heteroatoms. The third-order valence-electron chi connectivity index (χ3n) is 15.6. The van der Waals surface area contributed by atoms with Gasteiger partial charge in [-0.1, -0.05) is 193 Å². The van der Waals surface area contributed by atoms with Crippen LogP contribution in [-0.2, 0) is 16.2 Å². The van der Waals surface area contributed by atoms with Gasteiger partial charge in [0, 0.05) is 35.7 Å². The van der Waals surface area contributed by atoms with Crippen molar-refractivity contribution in [2.75, 3.05) is 4.90 Å². The van der Waals surface area contributed by atoms with Crippen LogP contribution in [0.4, 0.5) is 17.1 Å². The van der Waals surface area contributed by atoms with Gasteiger partial charge in [0.2, 0.25) is 0 Å². The number of anilines is 3. The highest BCUT2D eigenvalue weighted by molar-refractivity contribution is 7.99. The van der Waals surface area contributed by atoms with Gasteiger partial charge in [-0.05, 0) is 136 Å². The first kappa shape index (κ1) is 39.7. The molecule has 4 aliphatic rings. The summed E-state index contributed by atoms with van der Waals surface area (Å²) in [6, 6.07) is 73.8. The Morgan fingerprint density at radius 2 is 0.940 bits per heavy atom. The first-order valence-corrected chi connectivity index (χ1v) is 27.4. The molecular formula is C63H49NS2Si. The molecule has 0 saturated carbocycles. The van der Waals surface area contributed by atoms with Crippen LogP contribution in [-0.4, -0.2) is 8.07 Å². The van der Waals surface area contributed by atoms with Crippen LogP contribution in [0.3, 0.4) is 0 Å². The Labute approximate surface area is 402 Å². The van der Waals surface area contributed by atoms with Crippen LogP contribution in [0.1, 0.15) is 74.9 Å². The molecule has 14 rings (SSSR count). The normalized spacial score (nSPS) is 15.5. The van der Waals surface area contributed by atoms with E-state index >= 15 is 0 Å². The molecule has 0 unspecified atom stereocenters. The molecule has 0 saturated heterocycles. The number of thiophene rings is 1. The molecule has 2 spiro atoms. The number of para-hydroxylation sites is 1. The zero-order valence-electron chi connectivity index (χ0n) is 38.7. The van der Waals surface area contributed by atoms with Gasteiger partial charge in [0.15, 0.2) is 8.07 Å². The lowest BCUT2D eigenvalue weighted by Crippen LogP contribution is -2.71. The van der Waals surface area contributed by atoms with E-state index in [-0.39, 0.29) is 10.8 Å². The molecule has 67 heavy (non-hydrogen) atoms. The lowest BCUT2D eigenvalue weighted by atomic mass is 9.62. The van der Waals surface area contributed by atoms with Crippen LogP contribution in [0.15, 0.2) is 198 Å². The van der Waals surface area contributed by atoms with Gasteiger partial charge in [-0.15, -0.1) is 11.3 Å². The van der Waals surface area contributed by atoms with Gasteiger partial charge in [-0.3, -0.25) is 0 Å². The molecule has 0 bridgehead atoms. The Morgan fingerprint density at radius 3 is 1.61 bits per heavy atom. The second-order valence-corrected chi connectivity index (χ2v) is 27.0. The van der Waals surface area contributed by atoms with Gasteiger partial charge in [-0.2, -0.15) is 0 Å². The van der Waals surface area contributed by atoms with Crippen molar-refractivity contribution in [3.8, 4) is 22.3 Å². The number of hydrogen-bond donors (Lipinski definition) is 0. The summed E-state index contributed by atoms with van der Waals surface area (Å²) >= 11 is 3.82. The second kappa shape index (κ2) is 13.6. The highest BCUT2D eigenvalue weighted by Crippen LogP contribution is 2.64. The maximum absolute atomic E-state index is 2.88. The Bertz CT molecular complexity index is 3670. The van der Waals surface area contributed by atoms with Crippen LogP contribution >= 0.6 is 23.1 Å². The fraction of sp³-hybridized carbons (Fsp3) is 0.143. The Kier molecular flexibility index (Phi) is 8.06. The Morgan fingerprint density at radius 1 is 0.403 bits per heavy atom. The molecule has 0 aliphatic carbocycles. The van der Waals surface area contributed by atoms with E-state index in [1.165, 1.54) is 123 Å². The minimum Gasteiger partial charge on any atom is -0.310 e. The lowest BCUT2D eigenvalue weighted by Gasteiger charge is -2.49. The van der Waals surface area contributed by atoms with E-state index < -0.39 is 13.5 Å². The van der Waals surface area contributed by atoms with Gasteiger partial charge in [0.1, 0.15) is 0 Å². The molecule has 5 heterocycles. The smallest absolute Gasteiger partial charge is 0.182 e. The quantitative estimate of drug-likeness (QED) is 0.151. The first-order chi connectivity index (χ1) is 32.5. The number of fused-ring (bicyclic) bond motifs is 21. The molecule has 0 atom stereocenters. The SMILES string of the molecule is CC(C)(C)c1ccc2c(c1)[Si]1(c3ccccc3-c3ccc(N4c5ccccc5C5(c6ccccc6Sc6ccccc65)c5cc6c(cc54)sc4ccccc46)cc31)c1cc(C(C)(C)C)ccc1-2. The monoisotopic (exact) mass is 911 g/mol. The molecule has 10 aromatic rings. The summed E-state index contributed by atoms with van der Waals surface area (Å²) in [6.07, 6.45) is 0. The Hall–Kier alpha value is -6.43. The highest BCUT2D eigenvalue weighted by atomic mass is 32.2. The van der Waals surface area contributed by atoms with Gasteiger partial charge in [0.05, 0.1) is 16.8 Å². The summed E-state index contributed by atoms with van der Waals surface area (Å²) in [7, 11) is -2.88. The topological polar surface area (TPSA) is 3.24 Å². The van der Waals surface area contributed by atoms with Gasteiger partial charge < -0.3 is 4.90 Å². The number of hydrogen-bond acceptors (Lipinski definition) is 3. The Balaban J connectivity index is 1.11. The second-order valence-electron chi connectivity index (χ2n) is 21.2. The van der Waals surface area contributed by atoms with Gasteiger partial charge in [0.25, 0.3) is 0 Å². The summed E-state index contributed by atoms with van der Waals surface area (Å²) in [6.45, 7) is 14.2. The fourth-order valence-electron chi connectivity index (χ4n) is 12.6. The number of benzene rings is 9. The minimum atomic E-state index is -2.88. The van der Waals surface area contributed by atoms with Crippen molar-refractivity contribution < 1.29 is 0 Å². The van der Waals surface area contributed by atoms with E-state index in [9.17, 15) is 0 Å². The summed E-state index contributed by atoms with van der Waals surface area (Å²) in [4.78, 5) is 5.28. The molecule has 0 N–H and O–H groups in total. The van der Waals surface area contributed by atoms with Gasteiger partial charge >= 0.3 is 0 Å². The lowest BCUT2D eigenvalue weighted by molar-refractivity contribution is 0.590. The molecule has 0 amide bonds. The van der Waals surface area contributed by atoms with Gasteiger partial charge in [-0.25, -0.2) is 0 Å². The van der Waals surface area contributed by atoms with E-state index in [1.807, 2.05) is 23.1 Å². The van der Waals surface area contributed by atoms with E-state index in [1.54, 1.807) is 0 Å². The van der Waals surface area contributed by atoms with E-state index in [4.69, 9.17) is 0 Å². The van der Waals surface area contributed by atoms with Crippen molar-refractivity contribution in [2.24, 2.45) is 0 Å². The summed E-state index contributed by atoms with van der Waals surface area (Å²) in [5.74, 6) is 0. The maximum atomic E-state index is 2.65. The zero-order chi connectivity index (χ0) is 45.2. The van der Waals surface area contributed by atoms with Crippen molar-refractivity contribution >= 4 is 89.2 Å². The zero-order valence-corrected chi connectivity index (χ0v) is 41.3. The summed E-state index contributed by atoms with van der Waals surface area (Å²) in [5.41, 5.74) is 16.9. The third kappa shape index (κ3) is 5.16. The average molecular weight is 912 g/mol. The molecule has 322 valence electrons. The fourth-order valence-corrected chi connectivity index (χ4v) is 20.6. The first-order valence-electron chi connectivity index (χ1n) is 23.7. The van der Waals surface area contributed by atoms with Crippen LogP contribution in [0.25, 0.3) is 42.4 Å². The summed E-state index contributed by atoms with van der Waals surface area (Å²) in [5, 5.41) is 8.72. The minimum absolute atomic E-state index is 0.00271. The van der Waals surface area contributed by atoms with Crippen molar-refractivity contribution in [1.29, 1.82) is 0 Å². The van der Waals surface area contributed by atoms with E-state index in [0.29, 0.717) is 0 Å². The molecule has 4 aliphatic heterocycles.